The van der Waals surface area contributed by atoms with E-state index in [0.717, 1.165) is 19.3 Å². The molecule has 2 aromatic rings. The molecule has 218 valence electrons. The molecule has 0 bridgehead atoms. The van der Waals surface area contributed by atoms with E-state index in [1.807, 2.05) is 62.5 Å². The Hall–Kier alpha value is -3.31. The molecule has 3 aliphatic heterocycles. The predicted octanol–water partition coefficient (Wildman–Crippen LogP) is 3.68. The molecule has 0 radical (unpaired) electrons. The maximum atomic E-state index is 14.3. The van der Waals surface area contributed by atoms with Crippen LogP contribution in [0.3, 0.4) is 0 Å². The van der Waals surface area contributed by atoms with E-state index in [4.69, 9.17) is 4.74 Å². The van der Waals surface area contributed by atoms with E-state index in [-0.39, 0.29) is 37.4 Å². The van der Waals surface area contributed by atoms with Crippen LogP contribution in [0.15, 0.2) is 61.2 Å². The van der Waals surface area contributed by atoms with Crippen molar-refractivity contribution in [3.63, 3.8) is 0 Å². The summed E-state index contributed by atoms with van der Waals surface area (Å²) in [6.45, 7) is 10.1. The number of hydrogen-bond donors (Lipinski definition) is 2. The third kappa shape index (κ3) is 4.82. The molecule has 2 N–H and O–H groups in total. The monoisotopic (exact) mass is 577 g/mol. The zero-order valence-electron chi connectivity index (χ0n) is 23.9. The minimum Gasteiger partial charge on any atom is -0.432 e. The zero-order chi connectivity index (χ0) is 29.5. The fourth-order valence-corrected chi connectivity index (χ4v) is 9.78. The second kappa shape index (κ2) is 11.2. The van der Waals surface area contributed by atoms with Gasteiger partial charge in [0.05, 0.1) is 30.9 Å². The number of benzene rings is 2. The van der Waals surface area contributed by atoms with Crippen molar-refractivity contribution in [2.75, 3.05) is 29.5 Å². The maximum absolute atomic E-state index is 14.3. The Morgan fingerprint density at radius 3 is 2.59 bits per heavy atom. The molecule has 9 nitrogen and oxygen atoms in total. The molecule has 5 atom stereocenters. The number of carbonyl (C=O) groups excluding carboxylic acids is 3. The van der Waals surface area contributed by atoms with Gasteiger partial charge < -0.3 is 24.4 Å². The Morgan fingerprint density at radius 2 is 1.95 bits per heavy atom. The number of nitrogens with zero attached hydrogens (tertiary/aromatic N) is 3. The number of hydrogen-bond acceptors (Lipinski definition) is 6. The van der Waals surface area contributed by atoms with Gasteiger partial charge in [0, 0.05) is 41.5 Å². The molecule has 2 aromatic carbocycles. The van der Waals surface area contributed by atoms with E-state index in [9.17, 15) is 24.3 Å². The van der Waals surface area contributed by atoms with E-state index in [0.29, 0.717) is 29.2 Å². The number of anilines is 3. The van der Waals surface area contributed by atoms with Crippen LogP contribution < -0.4 is 9.80 Å². The number of ether oxygens (including phenoxy) is 1. The van der Waals surface area contributed by atoms with Crippen LogP contribution in [0.2, 0.25) is 18.6 Å². The van der Waals surface area contributed by atoms with Crippen LogP contribution >= 0.6 is 0 Å². The average Bonchev–Trinajstić information content (AvgIpc) is 3.60. The largest absolute Gasteiger partial charge is 0.432 e. The summed E-state index contributed by atoms with van der Waals surface area (Å²) in [5.41, 5.74) is 0.675. The number of carbonyl (C=O) groups is 3. The van der Waals surface area contributed by atoms with Crippen molar-refractivity contribution in [1.82, 2.24) is 4.90 Å². The Morgan fingerprint density at radius 1 is 1.22 bits per heavy atom. The van der Waals surface area contributed by atoms with Crippen LogP contribution in [-0.4, -0.2) is 73.2 Å². The van der Waals surface area contributed by atoms with Crippen LogP contribution in [0, 0.1) is 5.92 Å². The van der Waals surface area contributed by atoms with Crippen molar-refractivity contribution in [1.29, 1.82) is 0 Å². The molecule has 41 heavy (non-hydrogen) atoms. The van der Waals surface area contributed by atoms with Gasteiger partial charge in [-0.3, -0.25) is 19.3 Å². The number of amides is 3. The van der Waals surface area contributed by atoms with Crippen LogP contribution in [0.5, 0.6) is 0 Å². The van der Waals surface area contributed by atoms with Crippen molar-refractivity contribution in [3.8, 4) is 0 Å². The van der Waals surface area contributed by atoms with Crippen molar-refractivity contribution < 1.29 is 29.0 Å². The van der Waals surface area contributed by atoms with Gasteiger partial charge >= 0.3 is 0 Å². The SMILES string of the molecule is C=CCN1C(=O)[C@@]2(O[C@@H](CC(=O)N3CCC[C@H]3CO)[C@H]([Si](C)(C)O)[C@H]2C)c2cc(N(C=O)c3ccccc3)ccc21. The lowest BCUT2D eigenvalue weighted by atomic mass is 9.82. The first kappa shape index (κ1) is 29.2. The van der Waals surface area contributed by atoms with Crippen molar-refractivity contribution in [3.05, 3.63) is 66.7 Å². The summed E-state index contributed by atoms with van der Waals surface area (Å²) in [6, 6.07) is 14.4. The molecule has 0 aromatic heterocycles. The van der Waals surface area contributed by atoms with Crippen LogP contribution in [0.25, 0.3) is 0 Å². The first-order valence-corrected chi connectivity index (χ1v) is 17.3. The van der Waals surface area contributed by atoms with Gasteiger partial charge in [-0.2, -0.15) is 0 Å². The Labute approximate surface area is 242 Å². The van der Waals surface area contributed by atoms with Gasteiger partial charge in [-0.05, 0) is 56.3 Å². The van der Waals surface area contributed by atoms with Gasteiger partial charge in [0.1, 0.15) is 0 Å². The lowest BCUT2D eigenvalue weighted by molar-refractivity contribution is -0.149. The van der Waals surface area contributed by atoms with E-state index < -0.39 is 31.5 Å². The highest BCUT2D eigenvalue weighted by Gasteiger charge is 2.66. The number of rotatable bonds is 9. The molecule has 0 aliphatic carbocycles. The minimum absolute atomic E-state index is 0.0124. The van der Waals surface area contributed by atoms with Crippen molar-refractivity contribution in [2.24, 2.45) is 5.92 Å². The molecule has 3 aliphatic rings. The summed E-state index contributed by atoms with van der Waals surface area (Å²) in [7, 11) is -2.96. The first-order valence-electron chi connectivity index (χ1n) is 14.3. The number of aliphatic hydroxyl groups is 1. The van der Waals surface area contributed by atoms with Crippen molar-refractivity contribution in [2.45, 2.75) is 62.6 Å². The standard InChI is InChI=1S/C31H39N3O6Si/c1-5-15-33-26-14-13-23(34(20-36)22-10-7-6-8-11-22)17-25(26)31(30(33)38)21(2)29(41(3,4)39)27(40-31)18-28(37)32-16-9-12-24(32)19-35/h5-8,10-11,13-14,17,20-21,24,27,29,35,39H,1,9,12,15-16,18-19H2,2-4H3/t21-,24+,27+,29-,31+/m1/s1. The molecular weight excluding hydrogens is 538 g/mol. The van der Waals surface area contributed by atoms with Crippen LogP contribution in [0.4, 0.5) is 17.1 Å². The topological polar surface area (TPSA) is 111 Å². The molecule has 2 fully saturated rings. The van der Waals surface area contributed by atoms with E-state index in [2.05, 4.69) is 6.58 Å². The third-order valence-electron chi connectivity index (χ3n) is 8.98. The van der Waals surface area contributed by atoms with E-state index in [1.54, 1.807) is 21.9 Å². The highest BCUT2D eigenvalue weighted by Crippen LogP contribution is 2.60. The first-order chi connectivity index (χ1) is 19.6. The fraction of sp³-hybridized carbons (Fsp3) is 0.452. The van der Waals surface area contributed by atoms with Crippen LogP contribution in [-0.2, 0) is 24.7 Å². The molecule has 1 spiro atoms. The molecule has 0 saturated carbocycles. The van der Waals surface area contributed by atoms with Gasteiger partial charge in [0.15, 0.2) is 13.9 Å². The summed E-state index contributed by atoms with van der Waals surface area (Å²) in [4.78, 5) is 56.5. The molecule has 3 heterocycles. The number of fused-ring (bicyclic) bond motifs is 2. The Bertz CT molecular complexity index is 1330. The van der Waals surface area contributed by atoms with Gasteiger partial charge in [0.25, 0.3) is 5.91 Å². The molecular formula is C31H39N3O6Si. The van der Waals surface area contributed by atoms with Gasteiger partial charge in [-0.1, -0.05) is 31.2 Å². The summed E-state index contributed by atoms with van der Waals surface area (Å²) in [5, 5.41) is 9.79. The lowest BCUT2D eigenvalue weighted by Gasteiger charge is -2.33. The summed E-state index contributed by atoms with van der Waals surface area (Å²) < 4.78 is 6.78. The molecule has 2 saturated heterocycles. The number of para-hydroxylation sites is 1. The molecule has 0 unspecified atom stereocenters. The van der Waals surface area contributed by atoms with Gasteiger partial charge in [-0.25, -0.2) is 0 Å². The summed E-state index contributed by atoms with van der Waals surface area (Å²) >= 11 is 0. The van der Waals surface area contributed by atoms with Gasteiger partial charge in [-0.15, -0.1) is 6.58 Å². The van der Waals surface area contributed by atoms with E-state index >= 15 is 0 Å². The zero-order valence-corrected chi connectivity index (χ0v) is 24.9. The second-order valence-corrected chi connectivity index (χ2v) is 15.8. The summed E-state index contributed by atoms with van der Waals surface area (Å²) in [5.74, 6) is -0.850. The molecule has 5 rings (SSSR count). The second-order valence-electron chi connectivity index (χ2n) is 11.8. The fourth-order valence-electron chi connectivity index (χ4n) is 7.23. The van der Waals surface area contributed by atoms with Crippen LogP contribution in [0.1, 0.15) is 31.7 Å². The lowest BCUT2D eigenvalue weighted by Crippen LogP contribution is -2.46. The third-order valence-corrected chi connectivity index (χ3v) is 11.5. The Balaban J connectivity index is 1.59. The number of aliphatic hydroxyl groups excluding tert-OH is 1. The van der Waals surface area contributed by atoms with Crippen molar-refractivity contribution >= 4 is 43.6 Å². The molecule has 10 heteroatoms. The smallest absolute Gasteiger partial charge is 0.264 e. The highest BCUT2D eigenvalue weighted by molar-refractivity contribution is 6.71. The van der Waals surface area contributed by atoms with Gasteiger partial charge in [0.2, 0.25) is 12.3 Å². The number of likely N-dealkylation sites (tertiary alicyclic amines) is 1. The average molecular weight is 578 g/mol. The molecule has 3 amide bonds. The quantitative estimate of drug-likeness (QED) is 0.267. The highest BCUT2D eigenvalue weighted by atomic mass is 28.4. The maximum Gasteiger partial charge on any atom is 0.264 e. The summed E-state index contributed by atoms with van der Waals surface area (Å²) in [6.07, 6.45) is 3.29. The Kier molecular flexibility index (Phi) is 7.95. The predicted molar refractivity (Wildman–Crippen MR) is 159 cm³/mol. The normalized spacial score (nSPS) is 27.4. The van der Waals surface area contributed by atoms with E-state index in [1.165, 1.54) is 4.90 Å². The minimum atomic E-state index is -2.96.